The van der Waals surface area contributed by atoms with E-state index in [1.807, 2.05) is 30.3 Å². The maximum Gasteiger partial charge on any atom is 0.308 e. The highest BCUT2D eigenvalue weighted by molar-refractivity contribution is 9.10. The van der Waals surface area contributed by atoms with Crippen molar-refractivity contribution >= 4 is 38.9 Å². The molecule has 2 atom stereocenters. The second-order valence-corrected chi connectivity index (χ2v) is 7.41. The highest BCUT2D eigenvalue weighted by Crippen LogP contribution is 2.44. The van der Waals surface area contributed by atoms with Crippen LogP contribution in [0.2, 0.25) is 0 Å². The number of benzene rings is 1. The third kappa shape index (κ3) is 4.50. The second-order valence-electron chi connectivity index (χ2n) is 6.61. The molecule has 1 aliphatic carbocycles. The molecule has 0 bridgehead atoms. The first kappa shape index (κ1) is 19.0. The molecule has 2 N–H and O–H groups in total. The molecule has 0 saturated heterocycles. The molecule has 0 unspecified atom stereocenters. The van der Waals surface area contributed by atoms with Gasteiger partial charge in [0.25, 0.3) is 0 Å². The van der Waals surface area contributed by atoms with Gasteiger partial charge in [0.05, 0.1) is 36.9 Å². The SMILES string of the molecule is COC(=O)C[C@H](O)C[C@H](O)/C=C/c1c(C2CC2)nc2ccccc2c1Br. The molecule has 0 spiro atoms. The van der Waals surface area contributed by atoms with Crippen LogP contribution in [0.3, 0.4) is 0 Å². The zero-order valence-corrected chi connectivity index (χ0v) is 16.1. The molecule has 1 fully saturated rings. The van der Waals surface area contributed by atoms with Gasteiger partial charge in [-0.15, -0.1) is 0 Å². The highest BCUT2D eigenvalue weighted by Gasteiger charge is 2.28. The Morgan fingerprint density at radius 1 is 1.38 bits per heavy atom. The number of ether oxygens (including phenoxy) is 1. The standard InChI is InChI=1S/C20H22BrNO4/c1-26-18(25)11-14(24)10-13(23)8-9-16-19(21)15-4-2-3-5-17(15)22-20(16)12-6-7-12/h2-5,8-9,12-14,23-24H,6-7,10-11H2,1H3/b9-8+/t13-,14-/m1/s1. The number of hydrogen-bond donors (Lipinski definition) is 2. The number of pyridine rings is 1. The zero-order valence-electron chi connectivity index (χ0n) is 14.6. The Morgan fingerprint density at radius 3 is 2.81 bits per heavy atom. The van der Waals surface area contributed by atoms with Crippen LogP contribution < -0.4 is 0 Å². The Bertz CT molecular complexity index is 832. The van der Waals surface area contributed by atoms with Gasteiger partial charge in [0.1, 0.15) is 0 Å². The molecular formula is C20H22BrNO4. The maximum atomic E-state index is 11.2. The number of esters is 1. The molecule has 1 saturated carbocycles. The van der Waals surface area contributed by atoms with Crippen molar-refractivity contribution in [1.29, 1.82) is 0 Å². The molecular weight excluding hydrogens is 398 g/mol. The third-order valence-corrected chi connectivity index (χ3v) is 5.34. The smallest absolute Gasteiger partial charge is 0.308 e. The van der Waals surface area contributed by atoms with Gasteiger partial charge in [0.15, 0.2) is 0 Å². The zero-order chi connectivity index (χ0) is 18.7. The van der Waals surface area contributed by atoms with E-state index in [1.54, 1.807) is 6.08 Å². The van der Waals surface area contributed by atoms with Gasteiger partial charge in [-0.25, -0.2) is 0 Å². The number of fused-ring (bicyclic) bond motifs is 1. The van der Waals surface area contributed by atoms with E-state index < -0.39 is 18.2 Å². The maximum absolute atomic E-state index is 11.2. The molecule has 1 aromatic heterocycles. The lowest BCUT2D eigenvalue weighted by molar-refractivity contribution is -0.143. The summed E-state index contributed by atoms with van der Waals surface area (Å²) in [4.78, 5) is 16.0. The minimum Gasteiger partial charge on any atom is -0.469 e. The number of carbonyl (C=O) groups is 1. The molecule has 0 radical (unpaired) electrons. The first-order chi connectivity index (χ1) is 12.5. The van der Waals surface area contributed by atoms with Crippen LogP contribution in [-0.2, 0) is 9.53 Å². The molecule has 5 nitrogen and oxygen atoms in total. The van der Waals surface area contributed by atoms with E-state index in [9.17, 15) is 15.0 Å². The number of aliphatic hydroxyl groups excluding tert-OH is 2. The van der Waals surface area contributed by atoms with E-state index >= 15 is 0 Å². The van der Waals surface area contributed by atoms with E-state index in [4.69, 9.17) is 4.98 Å². The highest BCUT2D eigenvalue weighted by atomic mass is 79.9. The quantitative estimate of drug-likeness (QED) is 0.670. The largest absolute Gasteiger partial charge is 0.469 e. The van der Waals surface area contributed by atoms with Crippen LogP contribution in [0.5, 0.6) is 0 Å². The fourth-order valence-corrected chi connectivity index (χ4v) is 3.63. The summed E-state index contributed by atoms with van der Waals surface area (Å²) in [5, 5.41) is 21.1. The molecule has 0 amide bonds. The molecule has 2 aromatic rings. The van der Waals surface area contributed by atoms with Crippen LogP contribution in [0.25, 0.3) is 17.0 Å². The number of methoxy groups -OCH3 is 1. The van der Waals surface area contributed by atoms with E-state index in [0.717, 1.165) is 39.5 Å². The molecule has 26 heavy (non-hydrogen) atoms. The Labute approximate surface area is 160 Å². The Hall–Kier alpha value is -1.76. The van der Waals surface area contributed by atoms with Gasteiger partial charge in [0, 0.05) is 27.8 Å². The lowest BCUT2D eigenvalue weighted by Crippen LogP contribution is -2.20. The third-order valence-electron chi connectivity index (χ3n) is 4.49. The van der Waals surface area contributed by atoms with Crippen molar-refractivity contribution in [2.45, 2.75) is 43.8 Å². The number of rotatable bonds is 7. The predicted octanol–water partition coefficient (Wildman–Crippen LogP) is 3.56. The number of aromatic nitrogens is 1. The molecule has 1 aromatic carbocycles. The van der Waals surface area contributed by atoms with Crippen LogP contribution in [0.1, 0.15) is 42.9 Å². The van der Waals surface area contributed by atoms with E-state index in [-0.39, 0.29) is 12.8 Å². The summed E-state index contributed by atoms with van der Waals surface area (Å²) in [6, 6.07) is 7.95. The summed E-state index contributed by atoms with van der Waals surface area (Å²) in [5.74, 6) is -0.0382. The van der Waals surface area contributed by atoms with Crippen LogP contribution in [-0.4, -0.2) is 40.5 Å². The molecule has 138 valence electrons. The van der Waals surface area contributed by atoms with Gasteiger partial charge in [-0.3, -0.25) is 9.78 Å². The van der Waals surface area contributed by atoms with E-state index in [0.29, 0.717) is 5.92 Å². The summed E-state index contributed by atoms with van der Waals surface area (Å²) in [6.07, 6.45) is 3.88. The summed E-state index contributed by atoms with van der Waals surface area (Å²) in [6.45, 7) is 0. The van der Waals surface area contributed by atoms with Gasteiger partial charge < -0.3 is 14.9 Å². The van der Waals surface area contributed by atoms with Gasteiger partial charge in [0.2, 0.25) is 0 Å². The lowest BCUT2D eigenvalue weighted by atomic mass is 10.0. The average Bonchev–Trinajstić information content (AvgIpc) is 3.45. The monoisotopic (exact) mass is 419 g/mol. The average molecular weight is 420 g/mol. The molecule has 1 heterocycles. The van der Waals surface area contributed by atoms with E-state index in [2.05, 4.69) is 20.7 Å². The number of para-hydroxylation sites is 1. The topological polar surface area (TPSA) is 79.7 Å². The number of carbonyl (C=O) groups excluding carboxylic acids is 1. The van der Waals surface area contributed by atoms with Crippen molar-refractivity contribution in [2.24, 2.45) is 0 Å². The normalized spacial score (nSPS) is 16.8. The summed E-state index contributed by atoms with van der Waals surface area (Å²) in [7, 11) is 1.27. The van der Waals surface area contributed by atoms with Crippen LogP contribution in [0.15, 0.2) is 34.8 Å². The molecule has 0 aliphatic heterocycles. The number of halogens is 1. The van der Waals surface area contributed by atoms with Crippen LogP contribution >= 0.6 is 15.9 Å². The van der Waals surface area contributed by atoms with Crippen molar-refractivity contribution in [1.82, 2.24) is 4.98 Å². The summed E-state index contributed by atoms with van der Waals surface area (Å²) in [5.41, 5.74) is 2.95. The first-order valence-corrected chi connectivity index (χ1v) is 9.48. The minimum absolute atomic E-state index is 0.0724. The van der Waals surface area contributed by atoms with Crippen LogP contribution in [0, 0.1) is 0 Å². The van der Waals surface area contributed by atoms with Gasteiger partial charge in [-0.05, 0) is 34.8 Å². The van der Waals surface area contributed by atoms with Crippen molar-refractivity contribution < 1.29 is 19.7 Å². The number of hydrogen-bond acceptors (Lipinski definition) is 5. The summed E-state index contributed by atoms with van der Waals surface area (Å²) >= 11 is 3.69. The second kappa shape index (κ2) is 8.29. The van der Waals surface area contributed by atoms with Crippen molar-refractivity contribution in [3.05, 3.63) is 46.1 Å². The predicted molar refractivity (Wildman–Crippen MR) is 104 cm³/mol. The van der Waals surface area contributed by atoms with Crippen molar-refractivity contribution in [3.8, 4) is 0 Å². The van der Waals surface area contributed by atoms with Crippen molar-refractivity contribution in [3.63, 3.8) is 0 Å². The van der Waals surface area contributed by atoms with E-state index in [1.165, 1.54) is 7.11 Å². The van der Waals surface area contributed by atoms with Crippen LogP contribution in [0.4, 0.5) is 0 Å². The van der Waals surface area contributed by atoms with Crippen molar-refractivity contribution in [2.75, 3.05) is 7.11 Å². The lowest BCUT2D eigenvalue weighted by Gasteiger charge is -2.13. The fourth-order valence-electron chi connectivity index (χ4n) is 2.95. The first-order valence-electron chi connectivity index (χ1n) is 8.69. The Balaban J connectivity index is 1.81. The minimum atomic E-state index is -0.942. The molecule has 1 aliphatic rings. The Morgan fingerprint density at radius 2 is 2.12 bits per heavy atom. The summed E-state index contributed by atoms with van der Waals surface area (Å²) < 4.78 is 5.49. The number of nitrogens with zero attached hydrogens (tertiary/aromatic N) is 1. The Kier molecular flexibility index (Phi) is 6.06. The fraction of sp³-hybridized carbons (Fsp3) is 0.400. The molecule has 3 rings (SSSR count). The van der Waals surface area contributed by atoms with Gasteiger partial charge in [-0.1, -0.05) is 30.4 Å². The number of aliphatic hydroxyl groups is 2. The van der Waals surface area contributed by atoms with Gasteiger partial charge in [-0.2, -0.15) is 0 Å². The van der Waals surface area contributed by atoms with Gasteiger partial charge >= 0.3 is 5.97 Å². The molecule has 6 heteroatoms.